The van der Waals surface area contributed by atoms with Gasteiger partial charge in [-0.3, -0.25) is 9.59 Å². The summed E-state index contributed by atoms with van der Waals surface area (Å²) in [6.45, 7) is 1.60. The second kappa shape index (κ2) is 8.03. The predicted molar refractivity (Wildman–Crippen MR) is 92.9 cm³/mol. The number of nitrogens with zero attached hydrogens (tertiary/aromatic N) is 2. The Hall–Kier alpha value is -3.16. The highest BCUT2D eigenvalue weighted by Gasteiger charge is 2.25. The number of furan rings is 1. The Morgan fingerprint density at radius 1 is 1.07 bits per heavy atom. The molecule has 142 valence electrons. The first-order chi connectivity index (χ1) is 12.9. The van der Waals surface area contributed by atoms with Gasteiger partial charge < -0.3 is 19.3 Å². The number of amides is 2. The summed E-state index contributed by atoms with van der Waals surface area (Å²) in [6, 6.07) is 7.12. The fraction of sp³-hybridized carbons (Fsp3) is 0.316. The molecule has 0 unspecified atom stereocenters. The Balaban J connectivity index is 1.60. The summed E-state index contributed by atoms with van der Waals surface area (Å²) in [4.78, 5) is 39.1. The molecule has 1 aromatic carbocycles. The average Bonchev–Trinajstić information content (AvgIpc) is 2.99. The molecule has 0 saturated carbocycles. The van der Waals surface area contributed by atoms with Crippen molar-refractivity contribution in [3.05, 3.63) is 59.3 Å². The number of rotatable bonds is 4. The van der Waals surface area contributed by atoms with E-state index in [1.165, 1.54) is 18.2 Å². The molecule has 7 nitrogen and oxygen atoms in total. The molecule has 0 spiro atoms. The number of benzene rings is 1. The van der Waals surface area contributed by atoms with Gasteiger partial charge in [-0.2, -0.15) is 0 Å². The van der Waals surface area contributed by atoms with Crippen LogP contribution >= 0.6 is 0 Å². The second-order valence-corrected chi connectivity index (χ2v) is 6.34. The summed E-state index contributed by atoms with van der Waals surface area (Å²) in [5, 5.41) is 8.92. The van der Waals surface area contributed by atoms with E-state index in [2.05, 4.69) is 0 Å². The van der Waals surface area contributed by atoms with Gasteiger partial charge in [0.2, 0.25) is 5.91 Å². The third-order valence-corrected chi connectivity index (χ3v) is 4.44. The van der Waals surface area contributed by atoms with Crippen molar-refractivity contribution in [2.45, 2.75) is 12.8 Å². The van der Waals surface area contributed by atoms with Gasteiger partial charge in [-0.15, -0.1) is 0 Å². The minimum Gasteiger partial charge on any atom is -0.478 e. The van der Waals surface area contributed by atoms with Crippen LogP contribution in [-0.2, 0) is 11.2 Å². The van der Waals surface area contributed by atoms with Gasteiger partial charge in [0.25, 0.3) is 5.91 Å². The lowest BCUT2D eigenvalue weighted by Crippen LogP contribution is -2.37. The first-order valence-corrected chi connectivity index (χ1v) is 8.57. The molecule has 0 atom stereocenters. The quantitative estimate of drug-likeness (QED) is 0.884. The van der Waals surface area contributed by atoms with Crippen LogP contribution in [0.3, 0.4) is 0 Å². The Morgan fingerprint density at radius 3 is 2.52 bits per heavy atom. The van der Waals surface area contributed by atoms with Crippen LogP contribution in [0.15, 0.2) is 41.0 Å². The summed E-state index contributed by atoms with van der Waals surface area (Å²) in [6.07, 6.45) is 1.72. The lowest BCUT2D eigenvalue weighted by atomic mass is 10.1. The third kappa shape index (κ3) is 4.52. The molecule has 1 N–H and O–H groups in total. The molecule has 0 aliphatic carbocycles. The van der Waals surface area contributed by atoms with Crippen molar-refractivity contribution in [3.63, 3.8) is 0 Å². The Kier molecular flexibility index (Phi) is 5.54. The van der Waals surface area contributed by atoms with Crippen LogP contribution in [0.5, 0.6) is 0 Å². The molecule has 1 aliphatic heterocycles. The Bertz CT molecular complexity index is 863. The van der Waals surface area contributed by atoms with E-state index in [0.29, 0.717) is 38.2 Å². The van der Waals surface area contributed by atoms with Crippen LogP contribution in [0.25, 0.3) is 0 Å². The van der Waals surface area contributed by atoms with E-state index < -0.39 is 11.9 Å². The molecule has 2 amide bonds. The van der Waals surface area contributed by atoms with Crippen LogP contribution in [-0.4, -0.2) is 58.9 Å². The molecule has 0 bridgehead atoms. The summed E-state index contributed by atoms with van der Waals surface area (Å²) in [5.74, 6) is -2.11. The lowest BCUT2D eigenvalue weighted by Gasteiger charge is -2.21. The molecule has 8 heteroatoms. The van der Waals surface area contributed by atoms with Crippen LogP contribution in [0, 0.1) is 5.82 Å². The monoisotopic (exact) mass is 374 g/mol. The molecular formula is C19H19FN2O5. The van der Waals surface area contributed by atoms with Gasteiger partial charge in [0.05, 0.1) is 12.0 Å². The SMILES string of the molecule is O=C(O)c1coc(C(=O)N2CCCN(C(=O)Cc3cccc(F)c3)CC2)c1. The van der Waals surface area contributed by atoms with Crippen LogP contribution in [0.2, 0.25) is 0 Å². The van der Waals surface area contributed by atoms with Gasteiger partial charge >= 0.3 is 5.97 Å². The number of carboxylic acids is 1. The number of aromatic carboxylic acids is 1. The largest absolute Gasteiger partial charge is 0.478 e. The van der Waals surface area contributed by atoms with E-state index in [1.807, 2.05) is 0 Å². The first kappa shape index (κ1) is 18.6. The zero-order valence-corrected chi connectivity index (χ0v) is 14.6. The maximum atomic E-state index is 13.3. The van der Waals surface area contributed by atoms with E-state index >= 15 is 0 Å². The molecule has 3 rings (SSSR count). The predicted octanol–water partition coefficient (Wildman–Crippen LogP) is 2.03. The summed E-state index contributed by atoms with van der Waals surface area (Å²) in [5.41, 5.74) is 0.522. The van der Waals surface area contributed by atoms with E-state index in [1.54, 1.807) is 21.9 Å². The summed E-state index contributed by atoms with van der Waals surface area (Å²) in [7, 11) is 0. The average molecular weight is 374 g/mol. The van der Waals surface area contributed by atoms with E-state index in [-0.39, 0.29) is 29.5 Å². The Labute approximate surface area is 155 Å². The van der Waals surface area contributed by atoms with E-state index in [4.69, 9.17) is 9.52 Å². The zero-order valence-electron chi connectivity index (χ0n) is 14.6. The highest BCUT2D eigenvalue weighted by Crippen LogP contribution is 2.14. The van der Waals surface area contributed by atoms with Gasteiger partial charge in [0, 0.05) is 32.2 Å². The van der Waals surface area contributed by atoms with Crippen molar-refractivity contribution in [1.29, 1.82) is 0 Å². The fourth-order valence-electron chi connectivity index (χ4n) is 3.02. The van der Waals surface area contributed by atoms with Crippen molar-refractivity contribution in [2.75, 3.05) is 26.2 Å². The molecule has 0 radical (unpaired) electrons. The topological polar surface area (TPSA) is 91.1 Å². The van der Waals surface area contributed by atoms with E-state index in [9.17, 15) is 18.8 Å². The molecule has 1 saturated heterocycles. The van der Waals surface area contributed by atoms with Crippen LogP contribution in [0.4, 0.5) is 4.39 Å². The number of carboxylic acid groups (broad SMARTS) is 1. The van der Waals surface area contributed by atoms with Crippen molar-refractivity contribution in [2.24, 2.45) is 0 Å². The first-order valence-electron chi connectivity index (χ1n) is 8.57. The van der Waals surface area contributed by atoms with Gasteiger partial charge in [-0.05, 0) is 24.1 Å². The maximum absolute atomic E-state index is 13.3. The van der Waals surface area contributed by atoms with Crippen molar-refractivity contribution in [3.8, 4) is 0 Å². The normalized spacial score (nSPS) is 14.7. The number of carbonyl (C=O) groups is 3. The van der Waals surface area contributed by atoms with Crippen LogP contribution in [0.1, 0.15) is 32.9 Å². The van der Waals surface area contributed by atoms with Gasteiger partial charge in [-0.25, -0.2) is 9.18 Å². The van der Waals surface area contributed by atoms with Crippen molar-refractivity contribution >= 4 is 17.8 Å². The highest BCUT2D eigenvalue weighted by atomic mass is 19.1. The number of carbonyl (C=O) groups excluding carboxylic acids is 2. The zero-order chi connectivity index (χ0) is 19.4. The maximum Gasteiger partial charge on any atom is 0.338 e. The molecule has 1 fully saturated rings. The minimum atomic E-state index is -1.16. The lowest BCUT2D eigenvalue weighted by molar-refractivity contribution is -0.130. The number of hydrogen-bond acceptors (Lipinski definition) is 4. The molecule has 27 heavy (non-hydrogen) atoms. The third-order valence-electron chi connectivity index (χ3n) is 4.44. The highest BCUT2D eigenvalue weighted by molar-refractivity contribution is 5.95. The fourth-order valence-corrected chi connectivity index (χ4v) is 3.02. The summed E-state index contributed by atoms with van der Waals surface area (Å²) < 4.78 is 18.3. The molecule has 2 heterocycles. The number of hydrogen-bond donors (Lipinski definition) is 1. The second-order valence-electron chi connectivity index (χ2n) is 6.34. The smallest absolute Gasteiger partial charge is 0.338 e. The molecule has 1 aromatic heterocycles. The number of halogens is 1. The van der Waals surface area contributed by atoms with Gasteiger partial charge in [-0.1, -0.05) is 12.1 Å². The Morgan fingerprint density at radius 2 is 1.81 bits per heavy atom. The molecular weight excluding hydrogens is 355 g/mol. The van der Waals surface area contributed by atoms with E-state index in [0.717, 1.165) is 6.26 Å². The van der Waals surface area contributed by atoms with Crippen molar-refractivity contribution < 1.29 is 28.3 Å². The summed E-state index contributed by atoms with van der Waals surface area (Å²) >= 11 is 0. The van der Waals surface area contributed by atoms with Crippen LogP contribution < -0.4 is 0 Å². The molecule has 2 aromatic rings. The standard InChI is InChI=1S/C19H19FN2O5/c20-15-4-1-3-13(9-15)10-17(23)21-5-2-6-22(8-7-21)18(24)16-11-14(12-27-16)19(25)26/h1,3-4,9,11-12H,2,5-8,10H2,(H,25,26). The minimum absolute atomic E-state index is 0.0352. The van der Waals surface area contributed by atoms with Gasteiger partial charge in [0.15, 0.2) is 5.76 Å². The molecule has 1 aliphatic rings. The van der Waals surface area contributed by atoms with Crippen molar-refractivity contribution in [1.82, 2.24) is 9.80 Å². The van der Waals surface area contributed by atoms with Gasteiger partial charge in [0.1, 0.15) is 12.1 Å².